The van der Waals surface area contributed by atoms with Gasteiger partial charge < -0.3 is 15.5 Å². The lowest BCUT2D eigenvalue weighted by Gasteiger charge is -2.19. The van der Waals surface area contributed by atoms with Crippen LogP contribution in [0.5, 0.6) is 0 Å². The van der Waals surface area contributed by atoms with Gasteiger partial charge in [-0.15, -0.1) is 0 Å². The molecule has 1 aromatic carbocycles. The Morgan fingerprint density at radius 1 is 1.29 bits per heavy atom. The number of benzene rings is 1. The Kier molecular flexibility index (Phi) is 7.34. The number of nitrogens with one attached hydrogen (secondary N) is 2. The number of anilines is 1. The summed E-state index contributed by atoms with van der Waals surface area (Å²) in [5, 5.41) is 6.41. The van der Waals surface area contributed by atoms with Crippen molar-refractivity contribution in [2.24, 2.45) is 4.99 Å². The number of rotatable bonds is 4. The van der Waals surface area contributed by atoms with Crippen molar-refractivity contribution in [3.63, 3.8) is 0 Å². The lowest BCUT2D eigenvalue weighted by Crippen LogP contribution is -2.44. The second-order valence-electron chi connectivity index (χ2n) is 6.96. The molecule has 1 fully saturated rings. The predicted octanol–water partition coefficient (Wildman–Crippen LogP) is 3.43. The molecule has 164 valence electrons. The average Bonchev–Trinajstić information content (AvgIpc) is 3.19. The molecule has 1 aromatic heterocycles. The third-order valence-corrected chi connectivity index (χ3v) is 4.65. The third kappa shape index (κ3) is 6.35. The Labute approximate surface area is 178 Å². The molecule has 1 unspecified atom stereocenters. The normalized spacial score (nSPS) is 16.6. The van der Waals surface area contributed by atoms with Gasteiger partial charge in [0, 0.05) is 37.4 Å². The monoisotopic (exact) mass is 433 g/mol. The fourth-order valence-electron chi connectivity index (χ4n) is 3.23. The second-order valence-corrected chi connectivity index (χ2v) is 6.96. The Morgan fingerprint density at radius 2 is 2.13 bits per heavy atom. The van der Waals surface area contributed by atoms with Crippen molar-refractivity contribution in [3.05, 3.63) is 59.5 Å². The SMILES string of the molecule is CCNC(=NCC#Cc1cccc(C(F)(F)F)c1)NC1CCN(c2ncccc2F)C1. The highest BCUT2D eigenvalue weighted by molar-refractivity contribution is 5.80. The van der Waals surface area contributed by atoms with Gasteiger partial charge in [-0.1, -0.05) is 17.9 Å². The quantitative estimate of drug-likeness (QED) is 0.336. The standard InChI is InChI=1S/C22H23F4N5/c1-2-27-21(29-12-4-7-16-6-3-8-17(14-16)22(24,25)26)30-18-10-13-31(15-18)20-19(23)9-5-11-28-20/h3,5-6,8-9,11,14,18H,2,10,12-13,15H2,1H3,(H2,27,29,30). The molecule has 1 aliphatic rings. The molecule has 9 heteroatoms. The van der Waals surface area contributed by atoms with Gasteiger partial charge in [-0.05, 0) is 43.7 Å². The van der Waals surface area contributed by atoms with E-state index in [-0.39, 0.29) is 24.0 Å². The number of pyridine rings is 1. The molecule has 1 atom stereocenters. The summed E-state index contributed by atoms with van der Waals surface area (Å²) in [6, 6.07) is 7.88. The summed E-state index contributed by atoms with van der Waals surface area (Å²) in [5.74, 6) is 6.02. The molecule has 0 saturated carbocycles. The summed E-state index contributed by atoms with van der Waals surface area (Å²) < 4.78 is 52.3. The molecule has 1 aliphatic heterocycles. The van der Waals surface area contributed by atoms with Gasteiger partial charge in [0.05, 0.1) is 5.56 Å². The minimum atomic E-state index is -4.40. The van der Waals surface area contributed by atoms with Gasteiger partial charge in [0.1, 0.15) is 6.54 Å². The van der Waals surface area contributed by atoms with Crippen LogP contribution in [0.3, 0.4) is 0 Å². The highest BCUT2D eigenvalue weighted by atomic mass is 19.4. The Morgan fingerprint density at radius 3 is 2.87 bits per heavy atom. The van der Waals surface area contributed by atoms with E-state index in [0.29, 0.717) is 31.4 Å². The van der Waals surface area contributed by atoms with Gasteiger partial charge in [0.25, 0.3) is 0 Å². The molecule has 31 heavy (non-hydrogen) atoms. The minimum Gasteiger partial charge on any atom is -0.357 e. The van der Waals surface area contributed by atoms with E-state index in [1.807, 2.05) is 11.8 Å². The third-order valence-electron chi connectivity index (χ3n) is 4.65. The van der Waals surface area contributed by atoms with Crippen LogP contribution in [0.25, 0.3) is 0 Å². The van der Waals surface area contributed by atoms with Crippen LogP contribution in [0.2, 0.25) is 0 Å². The van der Waals surface area contributed by atoms with Gasteiger partial charge in [0.15, 0.2) is 17.6 Å². The molecule has 5 nitrogen and oxygen atoms in total. The first-order valence-corrected chi connectivity index (χ1v) is 9.93. The summed E-state index contributed by atoms with van der Waals surface area (Å²) in [5.41, 5.74) is -0.445. The molecule has 0 radical (unpaired) electrons. The van der Waals surface area contributed by atoms with Crippen LogP contribution >= 0.6 is 0 Å². The molecule has 2 aromatic rings. The smallest absolute Gasteiger partial charge is 0.357 e. The summed E-state index contributed by atoms with van der Waals surface area (Å²) >= 11 is 0. The number of alkyl halides is 3. The van der Waals surface area contributed by atoms with Gasteiger partial charge >= 0.3 is 6.18 Å². The molecule has 0 aliphatic carbocycles. The molecule has 1 saturated heterocycles. The number of nitrogens with zero attached hydrogens (tertiary/aromatic N) is 3. The number of hydrogen-bond acceptors (Lipinski definition) is 3. The maximum absolute atomic E-state index is 13.9. The molecule has 0 amide bonds. The van der Waals surface area contributed by atoms with E-state index >= 15 is 0 Å². The maximum Gasteiger partial charge on any atom is 0.416 e. The van der Waals surface area contributed by atoms with Crippen molar-refractivity contribution in [2.45, 2.75) is 25.6 Å². The highest BCUT2D eigenvalue weighted by Crippen LogP contribution is 2.29. The average molecular weight is 433 g/mol. The minimum absolute atomic E-state index is 0.0515. The lowest BCUT2D eigenvalue weighted by atomic mass is 10.1. The summed E-state index contributed by atoms with van der Waals surface area (Å²) in [6.07, 6.45) is -2.05. The second kappa shape index (κ2) is 10.2. The van der Waals surface area contributed by atoms with Crippen LogP contribution in [0.15, 0.2) is 47.6 Å². The number of aromatic nitrogens is 1. The van der Waals surface area contributed by atoms with Crippen LogP contribution < -0.4 is 15.5 Å². The van der Waals surface area contributed by atoms with Crippen LogP contribution in [0.4, 0.5) is 23.4 Å². The molecule has 0 bridgehead atoms. The first-order chi connectivity index (χ1) is 14.9. The summed E-state index contributed by atoms with van der Waals surface area (Å²) in [4.78, 5) is 10.4. The Hall–Kier alpha value is -3.28. The molecule has 2 heterocycles. The number of halogens is 4. The van der Waals surface area contributed by atoms with Gasteiger partial charge in [-0.25, -0.2) is 14.4 Å². The van der Waals surface area contributed by atoms with E-state index < -0.39 is 11.7 Å². The van der Waals surface area contributed by atoms with Crippen molar-refractivity contribution in [1.29, 1.82) is 0 Å². The van der Waals surface area contributed by atoms with Gasteiger partial charge in [-0.3, -0.25) is 0 Å². The highest BCUT2D eigenvalue weighted by Gasteiger charge is 2.30. The first kappa shape index (κ1) is 22.4. The van der Waals surface area contributed by atoms with Crippen LogP contribution in [0.1, 0.15) is 24.5 Å². The molecule has 3 rings (SSSR count). The fraction of sp³-hybridized carbons (Fsp3) is 0.364. The van der Waals surface area contributed by atoms with Crippen LogP contribution in [-0.4, -0.2) is 43.2 Å². The Balaban J connectivity index is 1.59. The topological polar surface area (TPSA) is 52.6 Å². The van der Waals surface area contributed by atoms with Crippen molar-refractivity contribution >= 4 is 11.8 Å². The van der Waals surface area contributed by atoms with Crippen molar-refractivity contribution < 1.29 is 17.6 Å². The van der Waals surface area contributed by atoms with E-state index in [0.717, 1.165) is 18.6 Å². The molecular weight excluding hydrogens is 410 g/mol. The maximum atomic E-state index is 13.9. The van der Waals surface area contributed by atoms with E-state index in [1.165, 1.54) is 18.2 Å². The number of guanidine groups is 1. The zero-order chi connectivity index (χ0) is 22.3. The largest absolute Gasteiger partial charge is 0.416 e. The Bertz CT molecular complexity index is 978. The van der Waals surface area contributed by atoms with Gasteiger partial charge in [0.2, 0.25) is 0 Å². The molecule has 0 spiro atoms. The zero-order valence-corrected chi connectivity index (χ0v) is 17.0. The summed E-state index contributed by atoms with van der Waals surface area (Å²) in [6.45, 7) is 3.93. The van der Waals surface area contributed by atoms with Crippen molar-refractivity contribution in [3.8, 4) is 11.8 Å². The number of hydrogen-bond donors (Lipinski definition) is 2. The van der Waals surface area contributed by atoms with Crippen molar-refractivity contribution in [2.75, 3.05) is 31.1 Å². The van der Waals surface area contributed by atoms with E-state index in [1.54, 1.807) is 12.3 Å². The zero-order valence-electron chi connectivity index (χ0n) is 17.0. The fourth-order valence-corrected chi connectivity index (χ4v) is 3.23. The molecule has 2 N–H and O–H groups in total. The van der Waals surface area contributed by atoms with Crippen LogP contribution in [-0.2, 0) is 6.18 Å². The van der Waals surface area contributed by atoms with E-state index in [2.05, 4.69) is 32.5 Å². The summed E-state index contributed by atoms with van der Waals surface area (Å²) in [7, 11) is 0. The first-order valence-electron chi connectivity index (χ1n) is 9.93. The predicted molar refractivity (Wildman–Crippen MR) is 112 cm³/mol. The lowest BCUT2D eigenvalue weighted by molar-refractivity contribution is -0.137. The van der Waals surface area contributed by atoms with E-state index in [9.17, 15) is 17.6 Å². The number of aliphatic imine (C=N–C) groups is 1. The van der Waals surface area contributed by atoms with Crippen LogP contribution in [0, 0.1) is 17.7 Å². The van der Waals surface area contributed by atoms with Gasteiger partial charge in [-0.2, -0.15) is 13.2 Å². The van der Waals surface area contributed by atoms with Crippen molar-refractivity contribution in [1.82, 2.24) is 15.6 Å². The molecular formula is C22H23F4N5. The van der Waals surface area contributed by atoms with E-state index in [4.69, 9.17) is 0 Å².